The van der Waals surface area contributed by atoms with Gasteiger partial charge >= 0.3 is 6.09 Å². The number of likely N-dealkylation sites (tertiary alicyclic amines) is 1. The molecule has 3 aromatic rings. The molecule has 1 unspecified atom stereocenters. The number of aromatic nitrogens is 3. The number of ether oxygens (including phenoxy) is 2. The van der Waals surface area contributed by atoms with Gasteiger partial charge < -0.3 is 29.6 Å². The Balaban J connectivity index is 1.42. The summed E-state index contributed by atoms with van der Waals surface area (Å²) in [6, 6.07) is 7.49. The molecule has 1 aromatic carbocycles. The van der Waals surface area contributed by atoms with E-state index < -0.39 is 5.60 Å². The molecule has 2 aliphatic rings. The SMILES string of the molecule is CCC1(n2nc(Nc3ccc(C(=O)N4CCOCC4C)c(C)c3)c3c(=O)[nH]ccc32)CCN(C(=O)OC(C)(C)C)CC1. The van der Waals surface area contributed by atoms with Gasteiger partial charge in [-0.1, -0.05) is 6.92 Å². The van der Waals surface area contributed by atoms with E-state index in [2.05, 4.69) is 17.2 Å². The van der Waals surface area contributed by atoms with E-state index in [1.54, 1.807) is 11.1 Å². The predicted octanol–water partition coefficient (Wildman–Crippen LogP) is 4.77. The molecule has 226 valence electrons. The van der Waals surface area contributed by atoms with Gasteiger partial charge in [-0.3, -0.25) is 14.3 Å². The highest BCUT2D eigenvalue weighted by Crippen LogP contribution is 2.38. The van der Waals surface area contributed by atoms with Gasteiger partial charge in [0.25, 0.3) is 11.5 Å². The van der Waals surface area contributed by atoms with E-state index in [9.17, 15) is 14.4 Å². The van der Waals surface area contributed by atoms with Gasteiger partial charge in [-0.25, -0.2) is 4.79 Å². The van der Waals surface area contributed by atoms with Crippen molar-refractivity contribution in [3.63, 3.8) is 0 Å². The minimum Gasteiger partial charge on any atom is -0.444 e. The minimum absolute atomic E-state index is 0.0105. The summed E-state index contributed by atoms with van der Waals surface area (Å²) >= 11 is 0. The van der Waals surface area contributed by atoms with Crippen LogP contribution in [-0.4, -0.2) is 81.1 Å². The Hall–Kier alpha value is -3.86. The highest BCUT2D eigenvalue weighted by Gasteiger charge is 2.39. The second-order valence-corrected chi connectivity index (χ2v) is 12.4. The largest absolute Gasteiger partial charge is 0.444 e. The third-order valence-electron chi connectivity index (χ3n) is 8.41. The molecule has 0 saturated carbocycles. The van der Waals surface area contributed by atoms with Crippen LogP contribution < -0.4 is 10.9 Å². The van der Waals surface area contributed by atoms with Gasteiger partial charge in [0, 0.05) is 37.1 Å². The van der Waals surface area contributed by atoms with Crippen molar-refractivity contribution >= 4 is 34.4 Å². The van der Waals surface area contributed by atoms with Crippen molar-refractivity contribution in [1.82, 2.24) is 24.6 Å². The molecule has 2 aromatic heterocycles. The van der Waals surface area contributed by atoms with Crippen LogP contribution in [0.4, 0.5) is 16.3 Å². The number of rotatable bonds is 5. The van der Waals surface area contributed by atoms with Gasteiger partial charge in [0.2, 0.25) is 0 Å². The molecule has 2 amide bonds. The number of carbonyl (C=O) groups is 2. The first-order valence-electron chi connectivity index (χ1n) is 14.8. The summed E-state index contributed by atoms with van der Waals surface area (Å²) in [4.78, 5) is 45.4. The normalized spacial score (nSPS) is 19.1. The number of H-pyrrole nitrogens is 1. The first-order valence-corrected chi connectivity index (χ1v) is 14.8. The van der Waals surface area contributed by atoms with Gasteiger partial charge in [0.1, 0.15) is 11.0 Å². The van der Waals surface area contributed by atoms with Gasteiger partial charge in [-0.2, -0.15) is 5.10 Å². The third kappa shape index (κ3) is 5.74. The highest BCUT2D eigenvalue weighted by molar-refractivity contribution is 5.97. The van der Waals surface area contributed by atoms with Gasteiger partial charge in [-0.15, -0.1) is 0 Å². The third-order valence-corrected chi connectivity index (χ3v) is 8.41. The van der Waals surface area contributed by atoms with Crippen LogP contribution in [-0.2, 0) is 15.0 Å². The van der Waals surface area contributed by atoms with E-state index in [0.29, 0.717) is 62.5 Å². The van der Waals surface area contributed by atoms with Gasteiger partial charge in [0.15, 0.2) is 5.82 Å². The van der Waals surface area contributed by atoms with Crippen LogP contribution in [0, 0.1) is 6.92 Å². The molecule has 2 saturated heterocycles. The van der Waals surface area contributed by atoms with Crippen molar-refractivity contribution in [1.29, 1.82) is 0 Å². The molecule has 2 N–H and O–H groups in total. The van der Waals surface area contributed by atoms with Crippen molar-refractivity contribution in [2.75, 3.05) is 38.2 Å². The number of fused-ring (bicyclic) bond motifs is 1. The monoisotopic (exact) mass is 578 g/mol. The Morgan fingerprint density at radius 3 is 2.57 bits per heavy atom. The maximum Gasteiger partial charge on any atom is 0.410 e. The summed E-state index contributed by atoms with van der Waals surface area (Å²) in [5, 5.41) is 8.80. The second-order valence-electron chi connectivity index (χ2n) is 12.4. The first kappa shape index (κ1) is 29.6. The number of aromatic amines is 1. The van der Waals surface area contributed by atoms with E-state index in [-0.39, 0.29) is 29.1 Å². The Kier molecular flexibility index (Phi) is 8.06. The van der Waals surface area contributed by atoms with E-state index >= 15 is 0 Å². The lowest BCUT2D eigenvalue weighted by Crippen LogP contribution is -2.49. The Morgan fingerprint density at radius 1 is 1.19 bits per heavy atom. The summed E-state index contributed by atoms with van der Waals surface area (Å²) in [5.41, 5.74) is 1.79. The Morgan fingerprint density at radius 2 is 1.93 bits per heavy atom. The smallest absolute Gasteiger partial charge is 0.410 e. The van der Waals surface area contributed by atoms with Crippen molar-refractivity contribution in [3.05, 3.63) is 51.9 Å². The number of carbonyl (C=O) groups excluding carboxylic acids is 2. The summed E-state index contributed by atoms with van der Waals surface area (Å²) in [6.07, 6.45) is 3.48. The molecule has 5 rings (SSSR count). The summed E-state index contributed by atoms with van der Waals surface area (Å²) in [7, 11) is 0. The van der Waals surface area contributed by atoms with E-state index in [4.69, 9.17) is 14.6 Å². The molecule has 11 heteroatoms. The van der Waals surface area contributed by atoms with Crippen molar-refractivity contribution in [2.24, 2.45) is 0 Å². The summed E-state index contributed by atoms with van der Waals surface area (Å²) < 4.78 is 13.1. The molecule has 4 heterocycles. The maximum absolute atomic E-state index is 13.3. The minimum atomic E-state index is -0.555. The molecule has 2 aliphatic heterocycles. The fourth-order valence-electron chi connectivity index (χ4n) is 5.98. The Bertz CT molecular complexity index is 1530. The summed E-state index contributed by atoms with van der Waals surface area (Å²) in [6.45, 7) is 14.3. The molecule has 0 spiro atoms. The van der Waals surface area contributed by atoms with Crippen LogP contribution in [0.1, 0.15) is 69.8 Å². The van der Waals surface area contributed by atoms with Crippen molar-refractivity contribution < 1.29 is 19.1 Å². The van der Waals surface area contributed by atoms with Crippen LogP contribution in [0.2, 0.25) is 0 Å². The number of benzene rings is 1. The van der Waals surface area contributed by atoms with Crippen LogP contribution in [0.15, 0.2) is 35.3 Å². The molecule has 2 fully saturated rings. The number of morpholine rings is 1. The Labute approximate surface area is 246 Å². The van der Waals surface area contributed by atoms with Crippen LogP contribution in [0.5, 0.6) is 0 Å². The zero-order chi connectivity index (χ0) is 30.2. The average molecular weight is 579 g/mol. The molecule has 0 bridgehead atoms. The number of hydrogen-bond acceptors (Lipinski definition) is 7. The number of pyridine rings is 1. The zero-order valence-electron chi connectivity index (χ0n) is 25.5. The molecule has 1 atom stereocenters. The van der Waals surface area contributed by atoms with E-state index in [0.717, 1.165) is 23.2 Å². The topological polar surface area (TPSA) is 122 Å². The van der Waals surface area contributed by atoms with Crippen LogP contribution >= 0.6 is 0 Å². The number of piperidine rings is 1. The number of aryl methyl sites for hydroxylation is 1. The number of nitrogens with zero attached hydrogens (tertiary/aromatic N) is 4. The van der Waals surface area contributed by atoms with Gasteiger partial charge in [0.05, 0.1) is 30.3 Å². The van der Waals surface area contributed by atoms with Crippen LogP contribution in [0.3, 0.4) is 0 Å². The predicted molar refractivity (Wildman–Crippen MR) is 161 cm³/mol. The number of anilines is 2. The van der Waals surface area contributed by atoms with E-state index in [1.165, 1.54) is 0 Å². The quantitative estimate of drug-likeness (QED) is 0.447. The highest BCUT2D eigenvalue weighted by atomic mass is 16.6. The zero-order valence-corrected chi connectivity index (χ0v) is 25.5. The van der Waals surface area contributed by atoms with E-state index in [1.807, 2.05) is 68.5 Å². The van der Waals surface area contributed by atoms with Crippen molar-refractivity contribution in [2.45, 2.75) is 78.0 Å². The lowest BCUT2D eigenvalue weighted by atomic mass is 9.85. The van der Waals surface area contributed by atoms with Crippen LogP contribution in [0.25, 0.3) is 10.9 Å². The van der Waals surface area contributed by atoms with Crippen molar-refractivity contribution in [3.8, 4) is 0 Å². The second kappa shape index (κ2) is 11.4. The lowest BCUT2D eigenvalue weighted by Gasteiger charge is -2.42. The van der Waals surface area contributed by atoms with Gasteiger partial charge in [-0.05, 0) is 83.7 Å². The molecular formula is C31H42N6O5. The maximum atomic E-state index is 13.3. The molecule has 0 aliphatic carbocycles. The number of hydrogen-bond donors (Lipinski definition) is 2. The molecule has 42 heavy (non-hydrogen) atoms. The fraction of sp³-hybridized carbons (Fsp3) is 0.548. The summed E-state index contributed by atoms with van der Waals surface area (Å²) in [5.74, 6) is 0.443. The average Bonchev–Trinajstić information content (AvgIpc) is 3.32. The standard InChI is InChI=1S/C31H42N6O5/c1-7-31(11-14-35(15-12-31)29(40)42-30(4,5)6)37-24-10-13-32-27(38)25(24)26(34-37)33-22-8-9-23(20(2)18-22)28(39)36-16-17-41-19-21(36)3/h8-10,13,18,21H,7,11-12,14-17,19H2,1-6H3,(H,32,38)(H,33,34). The molecule has 0 radical (unpaired) electrons. The molecular weight excluding hydrogens is 536 g/mol. The fourth-order valence-corrected chi connectivity index (χ4v) is 5.98. The number of nitrogens with one attached hydrogen (secondary N) is 2. The lowest BCUT2D eigenvalue weighted by molar-refractivity contribution is 0.00353. The first-order chi connectivity index (χ1) is 19.9. The molecule has 11 nitrogen and oxygen atoms in total. The number of amides is 2.